The summed E-state index contributed by atoms with van der Waals surface area (Å²) in [5.41, 5.74) is 7.92. The lowest BCUT2D eigenvalue weighted by atomic mass is 10.2. The van der Waals surface area contributed by atoms with Gasteiger partial charge in [-0.25, -0.2) is 4.99 Å². The van der Waals surface area contributed by atoms with E-state index in [1.807, 2.05) is 54.6 Å². The minimum absolute atomic E-state index is 0.481. The molecule has 1 saturated heterocycles. The summed E-state index contributed by atoms with van der Waals surface area (Å²) in [4.78, 5) is 11.5. The number of methoxy groups -OCH3 is 1. The molecule has 0 bridgehead atoms. The smallest absolute Gasteiger partial charge is 0.227 e. The van der Waals surface area contributed by atoms with E-state index < -0.39 is 0 Å². The number of hydrogen-bond acceptors (Lipinski definition) is 2. The number of aliphatic imine (C=N–C) groups is 2. The van der Waals surface area contributed by atoms with Gasteiger partial charge in [-0.1, -0.05) is 30.3 Å². The van der Waals surface area contributed by atoms with Crippen LogP contribution in [0.15, 0.2) is 64.6 Å². The zero-order valence-electron chi connectivity index (χ0n) is 13.9. The number of nitrogens with zero attached hydrogens (tertiary/aromatic N) is 3. The third-order valence-corrected chi connectivity index (χ3v) is 3.98. The summed E-state index contributed by atoms with van der Waals surface area (Å²) in [6.45, 7) is 1.92. The predicted molar refractivity (Wildman–Crippen MR) is 98.1 cm³/mol. The second-order valence-corrected chi connectivity index (χ2v) is 5.67. The normalized spacial score (nSPS) is 15.6. The third kappa shape index (κ3) is 3.93. The summed E-state index contributed by atoms with van der Waals surface area (Å²) < 4.78 is 5.19. The Morgan fingerprint density at radius 3 is 2.29 bits per heavy atom. The molecule has 2 N–H and O–H groups in total. The molecule has 0 unspecified atom stereocenters. The van der Waals surface area contributed by atoms with Crippen molar-refractivity contribution in [2.75, 3.05) is 20.2 Å². The molecule has 0 saturated carbocycles. The first-order chi connectivity index (χ1) is 11.8. The van der Waals surface area contributed by atoms with Gasteiger partial charge in [0.2, 0.25) is 5.96 Å². The highest BCUT2D eigenvalue weighted by Crippen LogP contribution is 2.20. The molecule has 0 amide bonds. The topological polar surface area (TPSA) is 63.2 Å². The summed E-state index contributed by atoms with van der Waals surface area (Å²) >= 11 is 0. The first-order valence-corrected chi connectivity index (χ1v) is 8.13. The van der Waals surface area contributed by atoms with E-state index in [9.17, 15) is 0 Å². The van der Waals surface area contributed by atoms with Crippen LogP contribution in [0.1, 0.15) is 18.4 Å². The quantitative estimate of drug-likeness (QED) is 0.697. The van der Waals surface area contributed by atoms with Crippen LogP contribution in [0.2, 0.25) is 0 Å². The van der Waals surface area contributed by atoms with Gasteiger partial charge in [-0.2, -0.15) is 4.99 Å². The third-order valence-electron chi connectivity index (χ3n) is 3.98. The number of likely N-dealkylation sites (tertiary alicyclic amines) is 1. The van der Waals surface area contributed by atoms with E-state index >= 15 is 0 Å². The van der Waals surface area contributed by atoms with Gasteiger partial charge in [-0.3, -0.25) is 0 Å². The molecule has 2 aromatic carbocycles. The van der Waals surface area contributed by atoms with Gasteiger partial charge in [0.25, 0.3) is 0 Å². The molecular weight excluding hydrogens is 300 g/mol. The highest BCUT2D eigenvalue weighted by molar-refractivity contribution is 6.05. The summed E-state index contributed by atoms with van der Waals surface area (Å²) in [5, 5.41) is 0. The van der Waals surface area contributed by atoms with Crippen molar-refractivity contribution >= 4 is 17.5 Å². The van der Waals surface area contributed by atoms with Gasteiger partial charge in [0.1, 0.15) is 11.6 Å². The van der Waals surface area contributed by atoms with Crippen LogP contribution in [0.4, 0.5) is 5.69 Å². The summed E-state index contributed by atoms with van der Waals surface area (Å²) in [6, 6.07) is 17.4. The number of benzene rings is 2. The van der Waals surface area contributed by atoms with Crippen molar-refractivity contribution in [1.29, 1.82) is 0 Å². The Kier molecular flexibility index (Phi) is 5.11. The Bertz CT molecular complexity index is 717. The van der Waals surface area contributed by atoms with Crippen LogP contribution in [-0.2, 0) is 0 Å². The van der Waals surface area contributed by atoms with E-state index in [2.05, 4.69) is 9.89 Å². The molecule has 1 aliphatic heterocycles. The molecule has 0 aliphatic carbocycles. The standard InChI is InChI=1S/C19H22N4O/c1-24-17-11-9-16(10-12-17)21-19(23-13-5-6-14-23)22-18(20)15-7-3-2-4-8-15/h2-4,7-12H,5-6,13-14H2,1H3,(H2,20,21,22). The Balaban J connectivity index is 1.92. The van der Waals surface area contributed by atoms with E-state index in [4.69, 9.17) is 15.5 Å². The maximum atomic E-state index is 6.19. The molecular formula is C19H22N4O. The molecule has 1 aliphatic rings. The maximum Gasteiger partial charge on any atom is 0.227 e. The van der Waals surface area contributed by atoms with Crippen LogP contribution in [0.3, 0.4) is 0 Å². The van der Waals surface area contributed by atoms with Crippen LogP contribution in [0.25, 0.3) is 0 Å². The lowest BCUT2D eigenvalue weighted by Gasteiger charge is -2.17. The zero-order valence-corrected chi connectivity index (χ0v) is 13.9. The van der Waals surface area contributed by atoms with E-state index in [0.29, 0.717) is 11.8 Å². The molecule has 3 rings (SSSR count). The van der Waals surface area contributed by atoms with Crippen LogP contribution in [-0.4, -0.2) is 36.9 Å². The number of guanidine groups is 1. The van der Waals surface area contributed by atoms with Crippen molar-refractivity contribution in [1.82, 2.24) is 4.90 Å². The van der Waals surface area contributed by atoms with Gasteiger partial charge < -0.3 is 15.4 Å². The fourth-order valence-electron chi connectivity index (χ4n) is 2.64. The van der Waals surface area contributed by atoms with Crippen molar-refractivity contribution in [3.63, 3.8) is 0 Å². The van der Waals surface area contributed by atoms with Gasteiger partial charge in [0.15, 0.2) is 0 Å². The number of amidine groups is 1. The number of hydrogen-bond donors (Lipinski definition) is 1. The van der Waals surface area contributed by atoms with Crippen LogP contribution < -0.4 is 10.5 Å². The minimum atomic E-state index is 0.481. The van der Waals surface area contributed by atoms with Crippen LogP contribution >= 0.6 is 0 Å². The zero-order chi connectivity index (χ0) is 16.8. The largest absolute Gasteiger partial charge is 0.497 e. The van der Waals surface area contributed by atoms with Crippen molar-refractivity contribution in [2.24, 2.45) is 15.7 Å². The summed E-state index contributed by atoms with van der Waals surface area (Å²) in [7, 11) is 1.65. The first kappa shape index (κ1) is 16.1. The van der Waals surface area contributed by atoms with Gasteiger partial charge in [-0.15, -0.1) is 0 Å². The molecule has 0 spiro atoms. The number of ether oxygens (including phenoxy) is 1. The summed E-state index contributed by atoms with van der Waals surface area (Å²) in [5.74, 6) is 1.96. The van der Waals surface area contributed by atoms with Crippen molar-refractivity contribution in [3.05, 3.63) is 60.2 Å². The lowest BCUT2D eigenvalue weighted by Crippen LogP contribution is -2.29. The SMILES string of the molecule is COc1ccc(N=C(/N=C(/N)c2ccccc2)N2CCCC2)cc1. The highest BCUT2D eigenvalue weighted by atomic mass is 16.5. The van der Waals surface area contributed by atoms with Gasteiger partial charge in [0, 0.05) is 18.7 Å². The fraction of sp³-hybridized carbons (Fsp3) is 0.263. The monoisotopic (exact) mass is 322 g/mol. The average Bonchev–Trinajstić information content (AvgIpc) is 3.17. The Hall–Kier alpha value is -2.82. The van der Waals surface area contributed by atoms with Crippen LogP contribution in [0.5, 0.6) is 5.75 Å². The number of nitrogens with two attached hydrogens (primary N) is 1. The van der Waals surface area contributed by atoms with E-state index in [1.54, 1.807) is 7.11 Å². The van der Waals surface area contributed by atoms with Crippen molar-refractivity contribution < 1.29 is 4.74 Å². The van der Waals surface area contributed by atoms with Crippen molar-refractivity contribution in [3.8, 4) is 5.75 Å². The Morgan fingerprint density at radius 2 is 1.67 bits per heavy atom. The lowest BCUT2D eigenvalue weighted by molar-refractivity contribution is 0.415. The molecule has 24 heavy (non-hydrogen) atoms. The highest BCUT2D eigenvalue weighted by Gasteiger charge is 2.16. The molecule has 124 valence electrons. The van der Waals surface area contributed by atoms with Gasteiger partial charge >= 0.3 is 0 Å². The van der Waals surface area contributed by atoms with Crippen LogP contribution in [0, 0.1) is 0 Å². The fourth-order valence-corrected chi connectivity index (χ4v) is 2.64. The Labute approximate surface area is 142 Å². The predicted octanol–water partition coefficient (Wildman–Crippen LogP) is 3.18. The molecule has 5 heteroatoms. The molecule has 0 atom stereocenters. The minimum Gasteiger partial charge on any atom is -0.497 e. The second-order valence-electron chi connectivity index (χ2n) is 5.67. The summed E-state index contributed by atoms with van der Waals surface area (Å²) in [6.07, 6.45) is 2.31. The van der Waals surface area contributed by atoms with Gasteiger partial charge in [0.05, 0.1) is 12.8 Å². The molecule has 0 aromatic heterocycles. The Morgan fingerprint density at radius 1 is 1.00 bits per heavy atom. The molecule has 1 heterocycles. The molecule has 1 fully saturated rings. The van der Waals surface area contributed by atoms with Gasteiger partial charge in [-0.05, 0) is 37.1 Å². The van der Waals surface area contributed by atoms with E-state index in [1.165, 1.54) is 0 Å². The molecule has 0 radical (unpaired) electrons. The average molecular weight is 322 g/mol. The molecule has 2 aromatic rings. The van der Waals surface area contributed by atoms with E-state index in [0.717, 1.165) is 42.9 Å². The number of rotatable bonds is 3. The first-order valence-electron chi connectivity index (χ1n) is 8.13. The molecule has 5 nitrogen and oxygen atoms in total. The second kappa shape index (κ2) is 7.64. The van der Waals surface area contributed by atoms with E-state index in [-0.39, 0.29) is 0 Å². The van der Waals surface area contributed by atoms with Crippen molar-refractivity contribution in [2.45, 2.75) is 12.8 Å². The maximum absolute atomic E-state index is 6.19.